The highest BCUT2D eigenvalue weighted by molar-refractivity contribution is 7.92. The quantitative estimate of drug-likeness (QED) is 0.915. The molecule has 0 spiro atoms. The summed E-state index contributed by atoms with van der Waals surface area (Å²) in [4.78, 5) is 0. The minimum atomic E-state index is -3.20. The second-order valence-corrected chi connectivity index (χ2v) is 7.78. The van der Waals surface area contributed by atoms with Gasteiger partial charge in [-0.2, -0.15) is 0 Å². The molecule has 1 unspecified atom stereocenters. The van der Waals surface area contributed by atoms with Gasteiger partial charge in [0.25, 0.3) is 0 Å². The molecule has 1 rings (SSSR count). The van der Waals surface area contributed by atoms with Crippen molar-refractivity contribution < 1.29 is 8.42 Å². The summed E-state index contributed by atoms with van der Waals surface area (Å²) in [5.41, 5.74) is 6.87. The largest absolute Gasteiger partial charge is 0.326 e. The molecule has 0 aromatic heterocycles. The van der Waals surface area contributed by atoms with Crippen LogP contribution in [-0.4, -0.2) is 25.5 Å². The average molecular weight is 276 g/mol. The molecule has 0 aliphatic heterocycles. The van der Waals surface area contributed by atoms with Crippen LogP contribution in [0.3, 0.4) is 0 Å². The molecule has 96 valence electrons. The molecule has 3 nitrogen and oxygen atoms in total. The maximum atomic E-state index is 11.7. The van der Waals surface area contributed by atoms with Crippen molar-refractivity contribution in [1.82, 2.24) is 0 Å². The Morgan fingerprint density at radius 3 is 2.35 bits per heavy atom. The lowest BCUT2D eigenvalue weighted by Gasteiger charge is -2.29. The lowest BCUT2D eigenvalue weighted by atomic mass is 9.96. The fourth-order valence-electron chi connectivity index (χ4n) is 1.42. The normalized spacial score (nSPS) is 14.6. The molecule has 0 fully saturated rings. The smallest absolute Gasteiger partial charge is 0.154 e. The van der Waals surface area contributed by atoms with E-state index in [4.69, 9.17) is 17.3 Å². The Balaban J connectivity index is 2.95. The van der Waals surface area contributed by atoms with Gasteiger partial charge in [0.05, 0.1) is 4.75 Å². The summed E-state index contributed by atoms with van der Waals surface area (Å²) in [5.74, 6) is 0. The van der Waals surface area contributed by atoms with Gasteiger partial charge in [0.2, 0.25) is 0 Å². The fraction of sp³-hybridized carbons (Fsp3) is 0.500. The second kappa shape index (κ2) is 4.96. The molecule has 0 saturated carbocycles. The molecular formula is C12H18ClNO2S. The molecule has 2 N–H and O–H groups in total. The molecule has 0 aliphatic carbocycles. The molecule has 0 aliphatic rings. The number of sulfone groups is 1. The molecule has 1 atom stereocenters. The standard InChI is InChI=1S/C12H18ClNO2S/c1-12(2,17(3,15)16)11(14)8-9-6-4-5-7-10(9)13/h4-7,11H,8,14H2,1-3H3. The third-order valence-corrected chi connectivity index (χ3v) is 5.83. The number of hydrogen-bond donors (Lipinski definition) is 1. The van der Waals surface area contributed by atoms with E-state index in [1.165, 1.54) is 6.26 Å². The van der Waals surface area contributed by atoms with Gasteiger partial charge in [0, 0.05) is 17.3 Å². The van der Waals surface area contributed by atoms with Crippen molar-refractivity contribution in [3.8, 4) is 0 Å². The lowest BCUT2D eigenvalue weighted by molar-refractivity contribution is 0.482. The van der Waals surface area contributed by atoms with Crippen LogP contribution in [-0.2, 0) is 16.3 Å². The van der Waals surface area contributed by atoms with Gasteiger partial charge in [0.1, 0.15) is 0 Å². The Labute approximate surface area is 108 Å². The van der Waals surface area contributed by atoms with Gasteiger partial charge in [-0.15, -0.1) is 0 Å². The van der Waals surface area contributed by atoms with Crippen molar-refractivity contribution in [1.29, 1.82) is 0 Å². The summed E-state index contributed by atoms with van der Waals surface area (Å²) in [6, 6.07) is 6.84. The maximum absolute atomic E-state index is 11.7. The van der Waals surface area contributed by atoms with Crippen molar-refractivity contribution in [2.45, 2.75) is 31.1 Å². The monoisotopic (exact) mass is 275 g/mol. The van der Waals surface area contributed by atoms with Crippen molar-refractivity contribution in [2.75, 3.05) is 6.26 Å². The molecule has 0 bridgehead atoms. The van der Waals surface area contributed by atoms with E-state index in [9.17, 15) is 8.42 Å². The Bertz CT molecular complexity index is 497. The van der Waals surface area contributed by atoms with E-state index in [0.717, 1.165) is 5.56 Å². The first-order valence-electron chi connectivity index (χ1n) is 5.35. The SMILES string of the molecule is CC(C)(C(N)Cc1ccccc1Cl)S(C)(=O)=O. The zero-order valence-corrected chi connectivity index (χ0v) is 11.8. The Morgan fingerprint density at radius 1 is 1.35 bits per heavy atom. The van der Waals surface area contributed by atoms with Crippen LogP contribution >= 0.6 is 11.6 Å². The Hall–Kier alpha value is -0.580. The minimum absolute atomic E-state index is 0.444. The minimum Gasteiger partial charge on any atom is -0.326 e. The van der Waals surface area contributed by atoms with Gasteiger partial charge in [-0.25, -0.2) is 8.42 Å². The van der Waals surface area contributed by atoms with Crippen LogP contribution in [0.2, 0.25) is 5.02 Å². The fourth-order valence-corrected chi connectivity index (χ4v) is 2.27. The van der Waals surface area contributed by atoms with E-state index in [2.05, 4.69) is 0 Å². The lowest BCUT2D eigenvalue weighted by Crippen LogP contribution is -2.50. The number of hydrogen-bond acceptors (Lipinski definition) is 3. The third-order valence-electron chi connectivity index (χ3n) is 3.25. The van der Waals surface area contributed by atoms with E-state index in [1.54, 1.807) is 19.9 Å². The Kier molecular flexibility index (Phi) is 4.23. The number of rotatable bonds is 4. The summed E-state index contributed by atoms with van der Waals surface area (Å²) in [6.07, 6.45) is 1.65. The summed E-state index contributed by atoms with van der Waals surface area (Å²) in [7, 11) is -3.20. The molecule has 0 amide bonds. The highest BCUT2D eigenvalue weighted by atomic mass is 35.5. The highest BCUT2D eigenvalue weighted by Crippen LogP contribution is 2.24. The van der Waals surface area contributed by atoms with Crippen LogP contribution in [0.15, 0.2) is 24.3 Å². The molecule has 0 saturated heterocycles. The zero-order valence-electron chi connectivity index (χ0n) is 10.3. The van der Waals surface area contributed by atoms with Crippen LogP contribution in [0.25, 0.3) is 0 Å². The number of benzene rings is 1. The van der Waals surface area contributed by atoms with Gasteiger partial charge in [0.15, 0.2) is 9.84 Å². The van der Waals surface area contributed by atoms with Crippen LogP contribution in [0.5, 0.6) is 0 Å². The van der Waals surface area contributed by atoms with Crippen LogP contribution in [0, 0.1) is 0 Å². The van der Waals surface area contributed by atoms with Gasteiger partial charge in [-0.3, -0.25) is 0 Å². The predicted molar refractivity (Wildman–Crippen MR) is 72.1 cm³/mol. The molecule has 0 radical (unpaired) electrons. The van der Waals surface area contributed by atoms with E-state index in [-0.39, 0.29) is 0 Å². The molecule has 5 heteroatoms. The van der Waals surface area contributed by atoms with Crippen molar-refractivity contribution in [3.05, 3.63) is 34.9 Å². The summed E-state index contributed by atoms with van der Waals surface area (Å²) < 4.78 is 22.3. The number of halogens is 1. The van der Waals surface area contributed by atoms with E-state index in [1.807, 2.05) is 18.2 Å². The highest BCUT2D eigenvalue weighted by Gasteiger charge is 2.36. The summed E-state index contributed by atoms with van der Waals surface area (Å²) in [5, 5.41) is 0.618. The van der Waals surface area contributed by atoms with Gasteiger partial charge in [-0.05, 0) is 31.9 Å². The van der Waals surface area contributed by atoms with E-state index >= 15 is 0 Å². The van der Waals surface area contributed by atoms with Crippen molar-refractivity contribution >= 4 is 21.4 Å². The topological polar surface area (TPSA) is 60.2 Å². The third kappa shape index (κ3) is 3.21. The van der Waals surface area contributed by atoms with Gasteiger partial charge in [-0.1, -0.05) is 29.8 Å². The van der Waals surface area contributed by atoms with Gasteiger partial charge >= 0.3 is 0 Å². The maximum Gasteiger partial charge on any atom is 0.154 e. The Morgan fingerprint density at radius 2 is 1.88 bits per heavy atom. The van der Waals surface area contributed by atoms with E-state index < -0.39 is 20.6 Å². The van der Waals surface area contributed by atoms with Gasteiger partial charge < -0.3 is 5.73 Å². The first-order valence-corrected chi connectivity index (χ1v) is 7.62. The molecule has 17 heavy (non-hydrogen) atoms. The number of nitrogens with two attached hydrogens (primary N) is 1. The first kappa shape index (κ1) is 14.5. The van der Waals surface area contributed by atoms with Crippen molar-refractivity contribution in [2.24, 2.45) is 5.73 Å². The second-order valence-electron chi connectivity index (χ2n) is 4.78. The van der Waals surface area contributed by atoms with E-state index in [0.29, 0.717) is 11.4 Å². The van der Waals surface area contributed by atoms with Crippen molar-refractivity contribution in [3.63, 3.8) is 0 Å². The molecule has 1 aromatic carbocycles. The first-order chi connectivity index (χ1) is 7.66. The summed E-state index contributed by atoms with van der Waals surface area (Å²) in [6.45, 7) is 3.29. The van der Waals surface area contributed by atoms with Crippen LogP contribution < -0.4 is 5.73 Å². The van der Waals surface area contributed by atoms with Crippen LogP contribution in [0.1, 0.15) is 19.4 Å². The molecule has 0 heterocycles. The summed E-state index contributed by atoms with van der Waals surface area (Å²) >= 11 is 6.03. The van der Waals surface area contributed by atoms with Crippen LogP contribution in [0.4, 0.5) is 0 Å². The average Bonchev–Trinajstić information content (AvgIpc) is 2.19. The molecular weight excluding hydrogens is 258 g/mol. The predicted octanol–water partition coefficient (Wildman–Crippen LogP) is 2.03. The molecule has 1 aromatic rings. The zero-order chi connectivity index (χ0) is 13.3.